The van der Waals surface area contributed by atoms with Gasteiger partial charge in [0.25, 0.3) is 0 Å². The van der Waals surface area contributed by atoms with Crippen LogP contribution in [0.3, 0.4) is 0 Å². The van der Waals surface area contributed by atoms with Gasteiger partial charge in [0.1, 0.15) is 12.0 Å². The summed E-state index contributed by atoms with van der Waals surface area (Å²) in [4.78, 5) is 11.7. The zero-order valence-corrected chi connectivity index (χ0v) is 8.85. The van der Waals surface area contributed by atoms with Crippen LogP contribution in [-0.2, 0) is 13.0 Å². The molecule has 0 spiro atoms. The second-order valence-corrected chi connectivity index (χ2v) is 4.07. The Bertz CT molecular complexity index is 511. The van der Waals surface area contributed by atoms with Crippen LogP contribution in [0, 0.1) is 0 Å². The van der Waals surface area contributed by atoms with E-state index in [2.05, 4.69) is 9.72 Å². The largest absolute Gasteiger partial charge is 0.364 e. The van der Waals surface area contributed by atoms with Crippen LogP contribution in [0.1, 0.15) is 34.6 Å². The summed E-state index contributed by atoms with van der Waals surface area (Å²) in [5, 5.41) is 3.88. The molecule has 4 nitrogen and oxygen atoms in total. The topological polar surface area (TPSA) is 48.0 Å². The molecule has 0 bridgehead atoms. The van der Waals surface area contributed by atoms with Crippen LogP contribution in [0.2, 0.25) is 0 Å². The predicted molar refractivity (Wildman–Crippen MR) is 57.3 cm³/mol. The first kappa shape index (κ1) is 9.39. The van der Waals surface area contributed by atoms with Crippen molar-refractivity contribution in [1.29, 1.82) is 0 Å². The molecule has 0 N–H and O–H groups in total. The van der Waals surface area contributed by atoms with Gasteiger partial charge in [0.2, 0.25) is 0 Å². The van der Waals surface area contributed by atoms with Crippen molar-refractivity contribution in [2.24, 2.45) is 0 Å². The van der Waals surface area contributed by atoms with Crippen molar-refractivity contribution < 1.29 is 9.32 Å². The van der Waals surface area contributed by atoms with E-state index >= 15 is 0 Å². The molecule has 0 saturated carbocycles. The molecule has 1 aliphatic rings. The highest BCUT2D eigenvalue weighted by Gasteiger charge is 2.20. The number of hydrogen-bond donors (Lipinski definition) is 0. The molecular weight excluding hydrogens is 204 g/mol. The maximum atomic E-state index is 11.7. The Morgan fingerprint density at radius 3 is 3.12 bits per heavy atom. The van der Waals surface area contributed by atoms with Crippen LogP contribution in [-0.4, -0.2) is 15.5 Å². The Labute approximate surface area is 92.9 Å². The van der Waals surface area contributed by atoms with Gasteiger partial charge in [-0.15, -0.1) is 0 Å². The number of hydrogen-bond acceptors (Lipinski definition) is 3. The summed E-state index contributed by atoms with van der Waals surface area (Å²) >= 11 is 0. The lowest BCUT2D eigenvalue weighted by atomic mass is 9.97. The molecule has 2 aromatic rings. The van der Waals surface area contributed by atoms with E-state index in [0.717, 1.165) is 29.8 Å². The molecule has 0 unspecified atom stereocenters. The fourth-order valence-electron chi connectivity index (χ4n) is 2.23. The summed E-state index contributed by atoms with van der Waals surface area (Å²) in [5.41, 5.74) is 2.91. The maximum Gasteiger partial charge on any atom is 0.164 e. The van der Waals surface area contributed by atoms with Crippen molar-refractivity contribution in [3.05, 3.63) is 41.5 Å². The third-order valence-electron chi connectivity index (χ3n) is 3.02. The summed E-state index contributed by atoms with van der Waals surface area (Å²) in [6, 6.07) is 3.76. The standard InChI is InChI=1S/C12H12N2O2/c15-12-3-1-2-11-10(12)4-6-14(11)8-9-5-7-16-13-9/h4-7H,1-3,8H2. The van der Waals surface area contributed by atoms with E-state index in [9.17, 15) is 4.79 Å². The van der Waals surface area contributed by atoms with E-state index in [1.165, 1.54) is 0 Å². The minimum absolute atomic E-state index is 0.264. The molecule has 0 radical (unpaired) electrons. The zero-order valence-electron chi connectivity index (χ0n) is 8.85. The summed E-state index contributed by atoms with van der Waals surface area (Å²) in [6.07, 6.45) is 6.14. The van der Waals surface area contributed by atoms with Gasteiger partial charge in [0.15, 0.2) is 5.78 Å². The first-order valence-electron chi connectivity index (χ1n) is 5.45. The van der Waals surface area contributed by atoms with Gasteiger partial charge in [-0.05, 0) is 18.9 Å². The van der Waals surface area contributed by atoms with E-state index in [1.807, 2.05) is 18.3 Å². The molecule has 82 valence electrons. The Balaban J connectivity index is 1.94. The Hall–Kier alpha value is -1.84. The predicted octanol–water partition coefficient (Wildman–Crippen LogP) is 2.04. The van der Waals surface area contributed by atoms with Gasteiger partial charge < -0.3 is 9.09 Å². The normalized spacial score (nSPS) is 15.1. The third-order valence-corrected chi connectivity index (χ3v) is 3.02. The minimum atomic E-state index is 0.264. The highest BCUT2D eigenvalue weighted by atomic mass is 16.5. The van der Waals surface area contributed by atoms with Gasteiger partial charge in [-0.1, -0.05) is 5.16 Å². The summed E-state index contributed by atoms with van der Waals surface area (Å²) in [5.74, 6) is 0.264. The molecule has 0 aliphatic heterocycles. The lowest BCUT2D eigenvalue weighted by Gasteiger charge is -2.13. The second kappa shape index (κ2) is 3.63. The summed E-state index contributed by atoms with van der Waals surface area (Å²) < 4.78 is 6.89. The van der Waals surface area contributed by atoms with E-state index in [0.29, 0.717) is 13.0 Å². The van der Waals surface area contributed by atoms with E-state index < -0.39 is 0 Å². The van der Waals surface area contributed by atoms with Gasteiger partial charge >= 0.3 is 0 Å². The number of nitrogens with zero attached hydrogens (tertiary/aromatic N) is 2. The van der Waals surface area contributed by atoms with Gasteiger partial charge in [0, 0.05) is 29.9 Å². The van der Waals surface area contributed by atoms with Crippen molar-refractivity contribution in [2.75, 3.05) is 0 Å². The van der Waals surface area contributed by atoms with Crippen molar-refractivity contribution in [1.82, 2.24) is 9.72 Å². The number of fused-ring (bicyclic) bond motifs is 1. The molecular formula is C12H12N2O2. The van der Waals surface area contributed by atoms with Gasteiger partial charge in [-0.3, -0.25) is 4.79 Å². The first-order valence-corrected chi connectivity index (χ1v) is 5.45. The summed E-state index contributed by atoms with van der Waals surface area (Å²) in [6.45, 7) is 0.680. The minimum Gasteiger partial charge on any atom is -0.364 e. The molecule has 0 aromatic carbocycles. The highest BCUT2D eigenvalue weighted by molar-refractivity contribution is 5.98. The Kier molecular flexibility index (Phi) is 2.13. The number of carbonyl (C=O) groups excluding carboxylic acids is 1. The molecule has 0 saturated heterocycles. The molecule has 0 fully saturated rings. The maximum absolute atomic E-state index is 11.7. The molecule has 16 heavy (non-hydrogen) atoms. The SMILES string of the molecule is O=C1CCCc2c1ccn2Cc1ccon1. The smallest absolute Gasteiger partial charge is 0.164 e. The monoisotopic (exact) mass is 216 g/mol. The molecule has 4 heteroatoms. The van der Waals surface area contributed by atoms with Crippen LogP contribution in [0.4, 0.5) is 0 Å². The van der Waals surface area contributed by atoms with Crippen LogP contribution in [0.15, 0.2) is 29.1 Å². The average Bonchev–Trinajstić information content (AvgIpc) is 2.90. The van der Waals surface area contributed by atoms with Crippen LogP contribution in [0.5, 0.6) is 0 Å². The molecule has 3 rings (SSSR count). The Morgan fingerprint density at radius 1 is 1.38 bits per heavy atom. The van der Waals surface area contributed by atoms with Crippen LogP contribution in [0.25, 0.3) is 0 Å². The lowest BCUT2D eigenvalue weighted by Crippen LogP contribution is -2.13. The molecule has 2 heterocycles. The van der Waals surface area contributed by atoms with Crippen LogP contribution < -0.4 is 0 Å². The number of ketones is 1. The van der Waals surface area contributed by atoms with Gasteiger partial charge in [-0.2, -0.15) is 0 Å². The lowest BCUT2D eigenvalue weighted by molar-refractivity contribution is 0.0972. The quantitative estimate of drug-likeness (QED) is 0.771. The van der Waals surface area contributed by atoms with Gasteiger partial charge in [-0.25, -0.2) is 0 Å². The zero-order chi connectivity index (χ0) is 11.0. The van der Waals surface area contributed by atoms with Crippen LogP contribution >= 0.6 is 0 Å². The van der Waals surface area contributed by atoms with Crippen molar-refractivity contribution in [3.63, 3.8) is 0 Å². The van der Waals surface area contributed by atoms with Gasteiger partial charge in [0.05, 0.1) is 6.54 Å². The molecule has 0 amide bonds. The fraction of sp³-hybridized carbons (Fsp3) is 0.333. The summed E-state index contributed by atoms with van der Waals surface area (Å²) in [7, 11) is 0. The van der Waals surface area contributed by atoms with Crippen molar-refractivity contribution >= 4 is 5.78 Å². The number of aromatic nitrogens is 2. The van der Waals surface area contributed by atoms with E-state index in [-0.39, 0.29) is 5.78 Å². The third kappa shape index (κ3) is 1.46. The molecule has 1 aliphatic carbocycles. The number of carbonyl (C=O) groups is 1. The molecule has 2 aromatic heterocycles. The fourth-order valence-corrected chi connectivity index (χ4v) is 2.23. The number of rotatable bonds is 2. The first-order chi connectivity index (χ1) is 7.84. The Morgan fingerprint density at radius 2 is 2.31 bits per heavy atom. The molecule has 0 atom stereocenters. The number of Topliss-reactive ketones (excluding diaryl/α,β-unsaturated/α-hetero) is 1. The van der Waals surface area contributed by atoms with E-state index in [1.54, 1.807) is 6.26 Å². The average molecular weight is 216 g/mol. The van der Waals surface area contributed by atoms with Crippen molar-refractivity contribution in [2.45, 2.75) is 25.8 Å². The highest BCUT2D eigenvalue weighted by Crippen LogP contribution is 2.22. The van der Waals surface area contributed by atoms with E-state index in [4.69, 9.17) is 4.52 Å². The van der Waals surface area contributed by atoms with Crippen molar-refractivity contribution in [3.8, 4) is 0 Å². The second-order valence-electron chi connectivity index (χ2n) is 4.07.